The van der Waals surface area contributed by atoms with Crippen LogP contribution in [0.15, 0.2) is 60.9 Å². The second-order valence-corrected chi connectivity index (χ2v) is 7.82. The molecule has 0 radical (unpaired) electrons. The van der Waals surface area contributed by atoms with Gasteiger partial charge in [0.05, 0.1) is 19.3 Å². The fourth-order valence-corrected chi connectivity index (χ4v) is 3.68. The van der Waals surface area contributed by atoms with Crippen LogP contribution in [0.3, 0.4) is 0 Å². The second-order valence-electron chi connectivity index (χ2n) is 7.82. The van der Waals surface area contributed by atoms with Gasteiger partial charge in [-0.1, -0.05) is 18.2 Å². The van der Waals surface area contributed by atoms with E-state index in [4.69, 9.17) is 9.47 Å². The number of carbonyl (C=O) groups is 1. The predicted octanol–water partition coefficient (Wildman–Crippen LogP) is 4.54. The van der Waals surface area contributed by atoms with Crippen LogP contribution in [-0.4, -0.2) is 53.3 Å². The molecule has 2 amide bonds. The third kappa shape index (κ3) is 5.33. The zero-order valence-corrected chi connectivity index (χ0v) is 18.4. The number of hydrogen-bond acceptors (Lipinski definition) is 6. The molecule has 3 aromatic rings. The highest BCUT2D eigenvalue weighted by molar-refractivity contribution is 5.90. The van der Waals surface area contributed by atoms with E-state index in [2.05, 4.69) is 20.6 Å². The van der Waals surface area contributed by atoms with E-state index in [1.165, 1.54) is 0 Å². The molecule has 1 aromatic heterocycles. The molecule has 1 saturated heterocycles. The van der Waals surface area contributed by atoms with Crippen molar-refractivity contribution in [2.24, 2.45) is 0 Å². The first-order chi connectivity index (χ1) is 15.5. The van der Waals surface area contributed by atoms with Crippen molar-refractivity contribution < 1.29 is 14.3 Å². The van der Waals surface area contributed by atoms with E-state index in [1.54, 1.807) is 24.4 Å². The maximum absolute atomic E-state index is 12.6. The van der Waals surface area contributed by atoms with Crippen molar-refractivity contribution in [3.63, 3.8) is 0 Å². The van der Waals surface area contributed by atoms with Crippen molar-refractivity contribution >= 4 is 23.4 Å². The Morgan fingerprint density at radius 1 is 1.00 bits per heavy atom. The van der Waals surface area contributed by atoms with Crippen LogP contribution in [0.2, 0.25) is 0 Å². The molecular formula is C24H27N5O3. The summed E-state index contributed by atoms with van der Waals surface area (Å²) in [6.07, 6.45) is 3.58. The van der Waals surface area contributed by atoms with Gasteiger partial charge in [0.2, 0.25) is 5.95 Å². The maximum atomic E-state index is 12.6. The maximum Gasteiger partial charge on any atom is 0.322 e. The third-order valence-corrected chi connectivity index (χ3v) is 5.15. The highest BCUT2D eigenvalue weighted by Gasteiger charge is 2.25. The molecule has 166 valence electrons. The summed E-state index contributed by atoms with van der Waals surface area (Å²) in [5.74, 6) is 1.28. The number of morpholine rings is 1. The van der Waals surface area contributed by atoms with Crippen molar-refractivity contribution in [1.82, 2.24) is 14.9 Å². The van der Waals surface area contributed by atoms with Gasteiger partial charge in [0.25, 0.3) is 0 Å². The molecule has 0 bridgehead atoms. The first-order valence-electron chi connectivity index (χ1n) is 10.5. The number of amides is 2. The lowest BCUT2D eigenvalue weighted by Crippen LogP contribution is -2.49. The molecule has 8 heteroatoms. The Balaban J connectivity index is 1.39. The van der Waals surface area contributed by atoms with Crippen LogP contribution in [0, 0.1) is 0 Å². The molecule has 2 atom stereocenters. The number of methoxy groups -OCH3 is 1. The van der Waals surface area contributed by atoms with Crippen molar-refractivity contribution in [2.45, 2.75) is 26.1 Å². The Morgan fingerprint density at radius 2 is 1.66 bits per heavy atom. The zero-order chi connectivity index (χ0) is 22.5. The van der Waals surface area contributed by atoms with Gasteiger partial charge in [0.15, 0.2) is 0 Å². The van der Waals surface area contributed by atoms with Crippen molar-refractivity contribution in [3.8, 4) is 16.9 Å². The SMILES string of the molecule is COc1ccc(-c2cnc(Nc3cccc(NC(=O)N4CC(C)OC(C)C4)c3)nc2)cc1. The third-order valence-electron chi connectivity index (χ3n) is 5.15. The zero-order valence-electron chi connectivity index (χ0n) is 18.4. The fourth-order valence-electron chi connectivity index (χ4n) is 3.68. The van der Waals surface area contributed by atoms with Crippen LogP contribution in [0.5, 0.6) is 5.75 Å². The van der Waals surface area contributed by atoms with Crippen LogP contribution in [0.1, 0.15) is 13.8 Å². The monoisotopic (exact) mass is 433 g/mol. The number of rotatable bonds is 5. The molecule has 4 rings (SSSR count). The first-order valence-corrected chi connectivity index (χ1v) is 10.5. The van der Waals surface area contributed by atoms with Crippen LogP contribution in [0.25, 0.3) is 11.1 Å². The summed E-state index contributed by atoms with van der Waals surface area (Å²) in [6.45, 7) is 5.09. The Bertz CT molecular complexity index is 1050. The van der Waals surface area contributed by atoms with Gasteiger partial charge >= 0.3 is 6.03 Å². The number of nitrogens with zero attached hydrogens (tertiary/aromatic N) is 3. The number of carbonyl (C=O) groups excluding carboxylic acids is 1. The largest absolute Gasteiger partial charge is 0.497 e. The summed E-state index contributed by atoms with van der Waals surface area (Å²) in [7, 11) is 1.64. The number of aromatic nitrogens is 2. The Morgan fingerprint density at radius 3 is 2.31 bits per heavy atom. The molecule has 2 unspecified atom stereocenters. The van der Waals surface area contributed by atoms with Crippen LogP contribution >= 0.6 is 0 Å². The van der Waals surface area contributed by atoms with Crippen molar-refractivity contribution in [1.29, 1.82) is 0 Å². The Labute approximate surface area is 187 Å². The summed E-state index contributed by atoms with van der Waals surface area (Å²) < 4.78 is 10.9. The molecule has 2 aromatic carbocycles. The highest BCUT2D eigenvalue weighted by Crippen LogP contribution is 2.23. The van der Waals surface area contributed by atoms with E-state index >= 15 is 0 Å². The molecule has 8 nitrogen and oxygen atoms in total. The molecule has 1 aliphatic rings. The smallest absolute Gasteiger partial charge is 0.322 e. The highest BCUT2D eigenvalue weighted by atomic mass is 16.5. The fraction of sp³-hybridized carbons (Fsp3) is 0.292. The van der Waals surface area contributed by atoms with Gasteiger partial charge in [-0.2, -0.15) is 0 Å². The summed E-state index contributed by atoms with van der Waals surface area (Å²) in [6, 6.07) is 15.1. The molecule has 2 heterocycles. The minimum Gasteiger partial charge on any atom is -0.497 e. The molecule has 0 spiro atoms. The van der Waals surface area contributed by atoms with Gasteiger partial charge in [-0.25, -0.2) is 14.8 Å². The predicted molar refractivity (Wildman–Crippen MR) is 124 cm³/mol. The average Bonchev–Trinajstić information content (AvgIpc) is 2.79. The minimum atomic E-state index is -0.135. The van der Waals surface area contributed by atoms with E-state index in [0.29, 0.717) is 24.7 Å². The molecule has 0 aliphatic carbocycles. The van der Waals surface area contributed by atoms with E-state index in [-0.39, 0.29) is 18.2 Å². The van der Waals surface area contributed by atoms with Crippen molar-refractivity contribution in [3.05, 3.63) is 60.9 Å². The molecule has 1 aliphatic heterocycles. The lowest BCUT2D eigenvalue weighted by molar-refractivity contribution is -0.0530. The quantitative estimate of drug-likeness (QED) is 0.614. The number of benzene rings is 2. The molecule has 2 N–H and O–H groups in total. The van der Waals surface area contributed by atoms with Crippen LogP contribution in [-0.2, 0) is 4.74 Å². The van der Waals surface area contributed by atoms with Gasteiger partial charge in [-0.05, 0) is 49.7 Å². The Kier molecular flexibility index (Phi) is 6.51. The van der Waals surface area contributed by atoms with Gasteiger partial charge in [0, 0.05) is 42.4 Å². The van der Waals surface area contributed by atoms with E-state index in [9.17, 15) is 4.79 Å². The second kappa shape index (κ2) is 9.65. The van der Waals surface area contributed by atoms with E-state index in [1.807, 2.05) is 62.4 Å². The van der Waals surface area contributed by atoms with Crippen LogP contribution in [0.4, 0.5) is 22.1 Å². The van der Waals surface area contributed by atoms with E-state index in [0.717, 1.165) is 22.6 Å². The number of ether oxygens (including phenoxy) is 2. The molecule has 0 saturated carbocycles. The number of nitrogens with one attached hydrogen (secondary N) is 2. The molecular weight excluding hydrogens is 406 g/mol. The molecule has 32 heavy (non-hydrogen) atoms. The number of hydrogen-bond donors (Lipinski definition) is 2. The average molecular weight is 434 g/mol. The van der Waals surface area contributed by atoms with Gasteiger partial charge in [-0.15, -0.1) is 0 Å². The van der Waals surface area contributed by atoms with Crippen molar-refractivity contribution in [2.75, 3.05) is 30.8 Å². The minimum absolute atomic E-state index is 0.0236. The van der Waals surface area contributed by atoms with Gasteiger partial charge < -0.3 is 25.0 Å². The summed E-state index contributed by atoms with van der Waals surface area (Å²) in [5, 5.41) is 6.14. The van der Waals surface area contributed by atoms with E-state index < -0.39 is 0 Å². The topological polar surface area (TPSA) is 88.6 Å². The summed E-state index contributed by atoms with van der Waals surface area (Å²) >= 11 is 0. The molecule has 1 fully saturated rings. The number of urea groups is 1. The summed E-state index contributed by atoms with van der Waals surface area (Å²) in [4.78, 5) is 23.2. The lowest BCUT2D eigenvalue weighted by atomic mass is 10.1. The normalized spacial score (nSPS) is 18.2. The lowest BCUT2D eigenvalue weighted by Gasteiger charge is -2.35. The number of anilines is 3. The first kappa shape index (κ1) is 21.6. The van der Waals surface area contributed by atoms with Gasteiger partial charge in [-0.3, -0.25) is 0 Å². The Hall–Kier alpha value is -3.65. The summed E-state index contributed by atoms with van der Waals surface area (Å²) in [5.41, 5.74) is 3.40. The van der Waals surface area contributed by atoms with Crippen LogP contribution < -0.4 is 15.4 Å². The standard InChI is InChI=1S/C24H27N5O3/c1-16-14-29(15-17(2)32-16)24(30)28-21-6-4-5-20(11-21)27-23-25-12-19(13-26-23)18-7-9-22(31-3)10-8-18/h4-13,16-17H,14-15H2,1-3H3,(H,28,30)(H,25,26,27). The van der Waals surface area contributed by atoms with Gasteiger partial charge in [0.1, 0.15) is 5.75 Å².